The summed E-state index contributed by atoms with van der Waals surface area (Å²) in [5.41, 5.74) is 4.65. The van der Waals surface area contributed by atoms with E-state index >= 15 is 0 Å². The van der Waals surface area contributed by atoms with E-state index in [9.17, 15) is 5.11 Å². The standard InChI is InChI=1S/C13H13N3O/c1-10(11-5-7-12(17)8-6-11)15-16-13-4-2-3-9-14-13/h2-9,17H,1H3,(H,14,16)/b15-10+. The molecule has 4 heteroatoms. The fourth-order valence-electron chi connectivity index (χ4n) is 1.34. The van der Waals surface area contributed by atoms with Gasteiger partial charge in [-0.25, -0.2) is 4.98 Å². The second-order valence-corrected chi connectivity index (χ2v) is 3.57. The summed E-state index contributed by atoms with van der Waals surface area (Å²) >= 11 is 0. The van der Waals surface area contributed by atoms with Crippen LogP contribution in [0.4, 0.5) is 5.82 Å². The highest BCUT2D eigenvalue weighted by Crippen LogP contribution is 2.10. The first-order valence-corrected chi connectivity index (χ1v) is 5.26. The van der Waals surface area contributed by atoms with Crippen molar-refractivity contribution < 1.29 is 5.11 Å². The third-order valence-electron chi connectivity index (χ3n) is 2.29. The molecule has 0 atom stereocenters. The first-order chi connectivity index (χ1) is 8.25. The van der Waals surface area contributed by atoms with Crippen LogP contribution in [0.5, 0.6) is 5.75 Å². The topological polar surface area (TPSA) is 57.5 Å². The highest BCUT2D eigenvalue weighted by molar-refractivity contribution is 5.99. The first-order valence-electron chi connectivity index (χ1n) is 5.26. The molecule has 17 heavy (non-hydrogen) atoms. The van der Waals surface area contributed by atoms with E-state index in [4.69, 9.17) is 0 Å². The van der Waals surface area contributed by atoms with Crippen molar-refractivity contribution in [1.82, 2.24) is 4.98 Å². The van der Waals surface area contributed by atoms with Gasteiger partial charge in [0, 0.05) is 6.20 Å². The minimum atomic E-state index is 0.249. The molecule has 2 rings (SSSR count). The second kappa shape index (κ2) is 5.12. The van der Waals surface area contributed by atoms with E-state index in [1.165, 1.54) is 0 Å². The minimum absolute atomic E-state index is 0.249. The van der Waals surface area contributed by atoms with Crippen molar-refractivity contribution >= 4 is 11.5 Å². The highest BCUT2D eigenvalue weighted by Gasteiger charge is 1.97. The van der Waals surface area contributed by atoms with Gasteiger partial charge in [-0.1, -0.05) is 6.07 Å². The minimum Gasteiger partial charge on any atom is -0.508 e. The maximum absolute atomic E-state index is 9.18. The van der Waals surface area contributed by atoms with Gasteiger partial charge in [0.1, 0.15) is 11.6 Å². The van der Waals surface area contributed by atoms with Gasteiger partial charge in [-0.05, 0) is 48.9 Å². The van der Waals surface area contributed by atoms with Gasteiger partial charge in [-0.3, -0.25) is 5.43 Å². The number of hydrazone groups is 1. The lowest BCUT2D eigenvalue weighted by Crippen LogP contribution is -2.00. The van der Waals surface area contributed by atoms with E-state index in [1.807, 2.05) is 37.3 Å². The molecular weight excluding hydrogens is 214 g/mol. The van der Waals surface area contributed by atoms with Gasteiger partial charge < -0.3 is 5.11 Å². The second-order valence-electron chi connectivity index (χ2n) is 3.57. The van der Waals surface area contributed by atoms with Crippen LogP contribution in [0.1, 0.15) is 12.5 Å². The summed E-state index contributed by atoms with van der Waals surface area (Å²) in [4.78, 5) is 4.10. The first kappa shape index (κ1) is 11.1. The summed E-state index contributed by atoms with van der Waals surface area (Å²) in [7, 11) is 0. The summed E-state index contributed by atoms with van der Waals surface area (Å²) < 4.78 is 0. The molecule has 0 aliphatic rings. The van der Waals surface area contributed by atoms with Crippen LogP contribution in [0.2, 0.25) is 0 Å². The van der Waals surface area contributed by atoms with Crippen LogP contribution in [0.25, 0.3) is 0 Å². The number of nitrogens with one attached hydrogen (secondary N) is 1. The molecule has 86 valence electrons. The van der Waals surface area contributed by atoms with E-state index in [1.54, 1.807) is 18.3 Å². The summed E-state index contributed by atoms with van der Waals surface area (Å²) in [5.74, 6) is 0.949. The molecule has 2 aromatic rings. The molecule has 0 aliphatic carbocycles. The van der Waals surface area contributed by atoms with Gasteiger partial charge >= 0.3 is 0 Å². The number of benzene rings is 1. The van der Waals surface area contributed by atoms with Gasteiger partial charge in [0.2, 0.25) is 0 Å². The largest absolute Gasteiger partial charge is 0.508 e. The number of aromatic hydroxyl groups is 1. The number of hydrogen-bond donors (Lipinski definition) is 2. The molecule has 0 fully saturated rings. The summed E-state index contributed by atoms with van der Waals surface area (Å²) in [5, 5.41) is 13.4. The molecule has 2 N–H and O–H groups in total. The van der Waals surface area contributed by atoms with Crippen LogP contribution >= 0.6 is 0 Å². The Morgan fingerprint density at radius 2 is 1.94 bits per heavy atom. The van der Waals surface area contributed by atoms with Gasteiger partial charge in [-0.2, -0.15) is 5.10 Å². The van der Waals surface area contributed by atoms with Crippen molar-refractivity contribution in [3.63, 3.8) is 0 Å². The SMILES string of the molecule is C/C(=N\Nc1ccccn1)c1ccc(O)cc1. The molecule has 0 aliphatic heterocycles. The lowest BCUT2D eigenvalue weighted by atomic mass is 10.1. The quantitative estimate of drug-likeness (QED) is 0.626. The monoisotopic (exact) mass is 227 g/mol. The average Bonchev–Trinajstić information content (AvgIpc) is 2.38. The van der Waals surface area contributed by atoms with Gasteiger partial charge in [0.05, 0.1) is 5.71 Å². The van der Waals surface area contributed by atoms with Crippen LogP contribution in [-0.2, 0) is 0 Å². The number of rotatable bonds is 3. The molecule has 4 nitrogen and oxygen atoms in total. The number of phenolic OH excluding ortho intramolecular Hbond substituents is 1. The molecule has 1 heterocycles. The van der Waals surface area contributed by atoms with Gasteiger partial charge in [0.15, 0.2) is 0 Å². The third-order valence-corrected chi connectivity index (χ3v) is 2.29. The van der Waals surface area contributed by atoms with Crippen molar-refractivity contribution in [3.05, 3.63) is 54.2 Å². The van der Waals surface area contributed by atoms with Crippen molar-refractivity contribution in [2.75, 3.05) is 5.43 Å². The Labute approximate surface area is 99.6 Å². The van der Waals surface area contributed by atoms with Crippen molar-refractivity contribution in [1.29, 1.82) is 0 Å². The van der Waals surface area contributed by atoms with Crippen LogP contribution in [0, 0.1) is 0 Å². The maximum atomic E-state index is 9.18. The normalized spacial score (nSPS) is 11.2. The Morgan fingerprint density at radius 1 is 1.18 bits per heavy atom. The zero-order chi connectivity index (χ0) is 12.1. The fourth-order valence-corrected chi connectivity index (χ4v) is 1.34. The summed E-state index contributed by atoms with van der Waals surface area (Å²) in [6, 6.07) is 12.5. The van der Waals surface area contributed by atoms with Crippen LogP contribution in [0.3, 0.4) is 0 Å². The van der Waals surface area contributed by atoms with Crippen molar-refractivity contribution in [2.24, 2.45) is 5.10 Å². The van der Waals surface area contributed by atoms with Crippen LogP contribution in [0.15, 0.2) is 53.8 Å². The molecule has 0 saturated carbocycles. The van der Waals surface area contributed by atoms with Gasteiger partial charge in [-0.15, -0.1) is 0 Å². The predicted octanol–water partition coefficient (Wildman–Crippen LogP) is 2.62. The molecule has 0 spiro atoms. The summed E-state index contributed by atoms with van der Waals surface area (Å²) in [6.07, 6.45) is 1.70. The van der Waals surface area contributed by atoms with E-state index in [-0.39, 0.29) is 5.75 Å². The zero-order valence-corrected chi connectivity index (χ0v) is 9.46. The number of pyridine rings is 1. The van der Waals surface area contributed by atoms with E-state index < -0.39 is 0 Å². The van der Waals surface area contributed by atoms with Gasteiger partial charge in [0.25, 0.3) is 0 Å². The number of phenols is 1. The maximum Gasteiger partial charge on any atom is 0.146 e. The smallest absolute Gasteiger partial charge is 0.146 e. The van der Waals surface area contributed by atoms with Crippen molar-refractivity contribution in [2.45, 2.75) is 6.92 Å². The lowest BCUT2D eigenvalue weighted by molar-refractivity contribution is 0.475. The molecule has 0 amide bonds. The molecule has 0 unspecified atom stereocenters. The third kappa shape index (κ3) is 3.04. The molecule has 1 aromatic heterocycles. The lowest BCUT2D eigenvalue weighted by Gasteiger charge is -2.02. The van der Waals surface area contributed by atoms with Crippen molar-refractivity contribution in [3.8, 4) is 5.75 Å². The fraction of sp³-hybridized carbons (Fsp3) is 0.0769. The molecule has 0 bridgehead atoms. The number of nitrogens with zero attached hydrogens (tertiary/aromatic N) is 2. The Kier molecular flexibility index (Phi) is 3.35. The Hall–Kier alpha value is -2.36. The molecule has 0 radical (unpaired) electrons. The Morgan fingerprint density at radius 3 is 2.59 bits per heavy atom. The summed E-state index contributed by atoms with van der Waals surface area (Å²) in [6.45, 7) is 1.89. The number of aromatic nitrogens is 1. The highest BCUT2D eigenvalue weighted by atomic mass is 16.3. The zero-order valence-electron chi connectivity index (χ0n) is 9.46. The molecule has 1 aromatic carbocycles. The molecular formula is C13H13N3O. The number of anilines is 1. The van der Waals surface area contributed by atoms with Crippen LogP contribution in [-0.4, -0.2) is 15.8 Å². The van der Waals surface area contributed by atoms with Crippen LogP contribution < -0.4 is 5.43 Å². The Balaban J connectivity index is 2.10. The average molecular weight is 227 g/mol. The van der Waals surface area contributed by atoms with E-state index in [0.29, 0.717) is 5.82 Å². The Bertz CT molecular complexity index is 506. The van der Waals surface area contributed by atoms with E-state index in [0.717, 1.165) is 11.3 Å². The van der Waals surface area contributed by atoms with E-state index in [2.05, 4.69) is 15.5 Å². The number of hydrogen-bond acceptors (Lipinski definition) is 4. The molecule has 0 saturated heterocycles. The predicted molar refractivity (Wildman–Crippen MR) is 68.2 cm³/mol.